The van der Waals surface area contributed by atoms with Gasteiger partial charge in [-0.15, -0.1) is 5.10 Å². The summed E-state index contributed by atoms with van der Waals surface area (Å²) in [6.45, 7) is 0.278. The molecule has 2 aromatic heterocycles. The van der Waals surface area contributed by atoms with Crippen LogP contribution in [-0.4, -0.2) is 44.5 Å². The van der Waals surface area contributed by atoms with E-state index in [2.05, 4.69) is 31.2 Å². The fourth-order valence-electron chi connectivity index (χ4n) is 3.63. The summed E-state index contributed by atoms with van der Waals surface area (Å²) in [5.41, 5.74) is 10.7. The van der Waals surface area contributed by atoms with Gasteiger partial charge in [0.15, 0.2) is 5.69 Å². The van der Waals surface area contributed by atoms with Crippen molar-refractivity contribution in [2.75, 3.05) is 17.7 Å². The van der Waals surface area contributed by atoms with Crippen molar-refractivity contribution in [1.29, 1.82) is 0 Å². The molecule has 0 radical (unpaired) electrons. The number of hydrogen-bond acceptors (Lipinski definition) is 9. The summed E-state index contributed by atoms with van der Waals surface area (Å²) >= 11 is 0. The van der Waals surface area contributed by atoms with E-state index in [9.17, 15) is 4.79 Å². The Balaban J connectivity index is 1.40. The third-order valence-corrected chi connectivity index (χ3v) is 5.41. The Morgan fingerprint density at radius 2 is 1.86 bits per heavy atom. The summed E-state index contributed by atoms with van der Waals surface area (Å²) in [6.07, 6.45) is 1.57. The minimum absolute atomic E-state index is 0.0276. The highest BCUT2D eigenvalue weighted by Crippen LogP contribution is 2.20. The minimum Gasteiger partial charge on any atom is -0.378 e. The molecule has 1 amide bonds. The summed E-state index contributed by atoms with van der Waals surface area (Å²) in [6, 6.07) is 23.6. The van der Waals surface area contributed by atoms with Crippen LogP contribution in [0.5, 0.6) is 0 Å². The van der Waals surface area contributed by atoms with Crippen molar-refractivity contribution in [1.82, 2.24) is 30.7 Å². The molecule has 0 aliphatic heterocycles. The maximum atomic E-state index is 13.0. The van der Waals surface area contributed by atoms with Crippen molar-refractivity contribution >= 4 is 34.4 Å². The van der Waals surface area contributed by atoms with Gasteiger partial charge < -0.3 is 10.6 Å². The molecule has 11 heteroatoms. The number of nitrogens with zero attached hydrogens (tertiary/aromatic N) is 7. The molecule has 0 aliphatic carbocycles. The van der Waals surface area contributed by atoms with E-state index in [1.54, 1.807) is 6.21 Å². The summed E-state index contributed by atoms with van der Waals surface area (Å²) in [4.78, 5) is 14.9. The second kappa shape index (κ2) is 9.43. The van der Waals surface area contributed by atoms with E-state index < -0.39 is 5.91 Å². The lowest BCUT2D eigenvalue weighted by Gasteiger charge is -2.19. The van der Waals surface area contributed by atoms with Crippen molar-refractivity contribution in [3.8, 4) is 5.82 Å². The predicted octanol–water partition coefficient (Wildman–Crippen LogP) is 2.79. The van der Waals surface area contributed by atoms with Gasteiger partial charge in [-0.2, -0.15) is 9.78 Å². The zero-order valence-electron chi connectivity index (χ0n) is 18.7. The van der Waals surface area contributed by atoms with Crippen molar-refractivity contribution in [2.24, 2.45) is 5.10 Å². The van der Waals surface area contributed by atoms with E-state index in [4.69, 9.17) is 10.4 Å². The van der Waals surface area contributed by atoms with Crippen molar-refractivity contribution < 1.29 is 9.42 Å². The number of hydrogen-bond donors (Lipinski definition) is 2. The average molecular weight is 467 g/mol. The monoisotopic (exact) mass is 467 g/mol. The first-order valence-electron chi connectivity index (χ1n) is 10.7. The second-order valence-electron chi connectivity index (χ2n) is 7.77. The van der Waals surface area contributed by atoms with Crippen LogP contribution in [-0.2, 0) is 6.54 Å². The van der Waals surface area contributed by atoms with Gasteiger partial charge in [0.1, 0.15) is 0 Å². The van der Waals surface area contributed by atoms with E-state index in [1.165, 1.54) is 4.68 Å². The molecule has 0 bridgehead atoms. The van der Waals surface area contributed by atoms with Crippen LogP contribution in [0.25, 0.3) is 16.6 Å². The van der Waals surface area contributed by atoms with Gasteiger partial charge in [-0.25, -0.2) is 10.1 Å². The number of carbonyl (C=O) groups is 1. The lowest BCUT2D eigenvalue weighted by Crippen LogP contribution is -2.24. The Morgan fingerprint density at radius 3 is 2.63 bits per heavy atom. The number of nitrogens with two attached hydrogens (primary N) is 1. The van der Waals surface area contributed by atoms with Gasteiger partial charge in [0.25, 0.3) is 5.91 Å². The van der Waals surface area contributed by atoms with Crippen LogP contribution >= 0.6 is 0 Å². The lowest BCUT2D eigenvalue weighted by molar-refractivity contribution is 0.0949. The first-order chi connectivity index (χ1) is 17.1. The van der Waals surface area contributed by atoms with Crippen LogP contribution in [0.4, 0.5) is 11.5 Å². The van der Waals surface area contributed by atoms with E-state index in [-0.39, 0.29) is 23.9 Å². The standard InChI is InChI=1S/C24H21N9O2/c1-32(19-9-3-2-4-10-19)15-20-21(27-31-33(20)23-22(25)29-35-30-23)24(34)28-26-14-16-11-12-17-7-5-6-8-18(17)13-16/h2-14H,15H2,1H3,(H2,25,29)(H,28,34). The maximum Gasteiger partial charge on any atom is 0.293 e. The molecular formula is C24H21N9O2. The quantitative estimate of drug-likeness (QED) is 0.275. The van der Waals surface area contributed by atoms with E-state index in [0.29, 0.717) is 5.69 Å². The number of amides is 1. The van der Waals surface area contributed by atoms with Crippen LogP contribution in [0.15, 0.2) is 82.5 Å². The summed E-state index contributed by atoms with van der Waals surface area (Å²) < 4.78 is 6.05. The average Bonchev–Trinajstić information content (AvgIpc) is 3.50. The first-order valence-corrected chi connectivity index (χ1v) is 10.7. The van der Waals surface area contributed by atoms with Gasteiger partial charge in [0.05, 0.1) is 18.5 Å². The third kappa shape index (κ3) is 4.55. The molecule has 0 fully saturated rings. The summed E-state index contributed by atoms with van der Waals surface area (Å²) in [5.74, 6) is -0.354. The number of hydrazone groups is 1. The topological polar surface area (TPSA) is 140 Å². The van der Waals surface area contributed by atoms with Gasteiger partial charge in [-0.3, -0.25) is 4.79 Å². The molecule has 0 unspecified atom stereocenters. The number of benzene rings is 3. The van der Waals surface area contributed by atoms with E-state index in [1.807, 2.05) is 84.7 Å². The Hall–Kier alpha value is -5.06. The fourth-order valence-corrected chi connectivity index (χ4v) is 3.63. The maximum absolute atomic E-state index is 13.0. The largest absolute Gasteiger partial charge is 0.378 e. The van der Waals surface area contributed by atoms with Crippen LogP contribution in [0.2, 0.25) is 0 Å². The smallest absolute Gasteiger partial charge is 0.293 e. The Labute approximate surface area is 199 Å². The molecule has 0 atom stereocenters. The molecule has 35 heavy (non-hydrogen) atoms. The molecule has 174 valence electrons. The fraction of sp³-hybridized carbons (Fsp3) is 0.0833. The number of anilines is 2. The van der Waals surface area contributed by atoms with Crippen LogP contribution in [0, 0.1) is 0 Å². The Bertz CT molecular complexity index is 1510. The molecule has 3 N–H and O–H groups in total. The zero-order chi connectivity index (χ0) is 24.2. The van der Waals surface area contributed by atoms with Gasteiger partial charge in [0, 0.05) is 12.7 Å². The first kappa shape index (κ1) is 21.8. The molecule has 5 rings (SSSR count). The number of fused-ring (bicyclic) bond motifs is 1. The summed E-state index contributed by atoms with van der Waals surface area (Å²) in [5, 5.41) is 21.8. The normalized spacial score (nSPS) is 11.2. The molecule has 2 heterocycles. The number of carbonyl (C=O) groups excluding carboxylic acids is 1. The molecule has 0 saturated heterocycles. The number of para-hydroxylation sites is 1. The van der Waals surface area contributed by atoms with Gasteiger partial charge >= 0.3 is 0 Å². The van der Waals surface area contributed by atoms with E-state index >= 15 is 0 Å². The van der Waals surface area contributed by atoms with Crippen LogP contribution in [0.1, 0.15) is 21.7 Å². The molecule has 3 aromatic carbocycles. The molecule has 5 aromatic rings. The highest BCUT2D eigenvalue weighted by Gasteiger charge is 2.25. The molecule has 0 saturated carbocycles. The van der Waals surface area contributed by atoms with Gasteiger partial charge in [-0.05, 0) is 44.8 Å². The molecule has 0 spiro atoms. The number of nitrogen functional groups attached to an aromatic ring is 1. The zero-order valence-corrected chi connectivity index (χ0v) is 18.7. The highest BCUT2D eigenvalue weighted by atomic mass is 16.6. The van der Waals surface area contributed by atoms with Crippen LogP contribution in [0.3, 0.4) is 0 Å². The van der Waals surface area contributed by atoms with Crippen molar-refractivity contribution in [3.63, 3.8) is 0 Å². The number of aromatic nitrogens is 5. The van der Waals surface area contributed by atoms with Crippen molar-refractivity contribution in [2.45, 2.75) is 6.54 Å². The molecular weight excluding hydrogens is 446 g/mol. The van der Waals surface area contributed by atoms with Crippen LogP contribution < -0.4 is 16.1 Å². The van der Waals surface area contributed by atoms with Crippen molar-refractivity contribution in [3.05, 3.63) is 89.7 Å². The SMILES string of the molecule is CN(Cc1c(C(=O)NN=Cc2ccc3ccccc3c2)nnn1-c1nonc1N)c1ccccc1. The predicted molar refractivity (Wildman–Crippen MR) is 131 cm³/mol. The minimum atomic E-state index is -0.528. The Kier molecular flexibility index (Phi) is 5.87. The van der Waals surface area contributed by atoms with Gasteiger partial charge in [-0.1, -0.05) is 59.8 Å². The summed E-state index contributed by atoms with van der Waals surface area (Å²) in [7, 11) is 1.89. The highest BCUT2D eigenvalue weighted by molar-refractivity contribution is 5.95. The lowest BCUT2D eigenvalue weighted by atomic mass is 10.1. The Morgan fingerprint density at radius 1 is 1.09 bits per heavy atom. The molecule has 0 aliphatic rings. The second-order valence-corrected chi connectivity index (χ2v) is 7.77. The van der Waals surface area contributed by atoms with Gasteiger partial charge in [0.2, 0.25) is 11.6 Å². The molecule has 11 nitrogen and oxygen atoms in total. The van der Waals surface area contributed by atoms with E-state index in [0.717, 1.165) is 22.0 Å². The number of rotatable bonds is 7. The number of nitrogens with one attached hydrogen (secondary N) is 1. The third-order valence-electron chi connectivity index (χ3n) is 5.41.